The molecule has 0 amide bonds. The van der Waals surface area contributed by atoms with Crippen molar-refractivity contribution in [2.75, 3.05) is 19.6 Å². The molecule has 0 aliphatic carbocycles. The van der Waals surface area contributed by atoms with Crippen molar-refractivity contribution in [2.24, 2.45) is 5.73 Å². The fourth-order valence-electron chi connectivity index (χ4n) is 0.981. The molecule has 0 aromatic carbocycles. The Hall–Kier alpha value is -0.240. The standard InChI is InChI=1S/C7H17N3O2S2/c1-3-5-10(6-7(8)13)14(11,12)9-4-2/h9H,3-6H2,1-2H3,(H2,8,13). The first-order valence-electron chi connectivity index (χ1n) is 4.47. The third-order valence-electron chi connectivity index (χ3n) is 1.47. The van der Waals surface area contributed by atoms with E-state index in [1.165, 1.54) is 4.31 Å². The summed E-state index contributed by atoms with van der Waals surface area (Å²) in [5.74, 6) is 0. The van der Waals surface area contributed by atoms with Crippen molar-refractivity contribution < 1.29 is 8.42 Å². The van der Waals surface area contributed by atoms with E-state index >= 15 is 0 Å². The number of thiocarbonyl (C=S) groups is 1. The Morgan fingerprint density at radius 2 is 2.07 bits per heavy atom. The average Bonchev–Trinajstić information content (AvgIpc) is 2.02. The summed E-state index contributed by atoms with van der Waals surface area (Å²) in [4.78, 5) is 0.180. The van der Waals surface area contributed by atoms with Crippen LogP contribution in [0.5, 0.6) is 0 Å². The molecule has 0 atom stereocenters. The molecule has 0 aromatic rings. The van der Waals surface area contributed by atoms with Gasteiger partial charge >= 0.3 is 0 Å². The lowest BCUT2D eigenvalue weighted by Crippen LogP contribution is -2.44. The molecule has 0 aliphatic heterocycles. The molecule has 7 heteroatoms. The van der Waals surface area contributed by atoms with Gasteiger partial charge in [-0.2, -0.15) is 12.7 Å². The second kappa shape index (κ2) is 6.28. The van der Waals surface area contributed by atoms with Crippen molar-refractivity contribution in [3.8, 4) is 0 Å². The maximum Gasteiger partial charge on any atom is 0.279 e. The van der Waals surface area contributed by atoms with E-state index in [-0.39, 0.29) is 11.5 Å². The van der Waals surface area contributed by atoms with Crippen LogP contribution in [0.4, 0.5) is 0 Å². The summed E-state index contributed by atoms with van der Waals surface area (Å²) < 4.78 is 26.8. The molecule has 0 unspecified atom stereocenters. The first kappa shape index (κ1) is 13.8. The monoisotopic (exact) mass is 239 g/mol. The highest BCUT2D eigenvalue weighted by Gasteiger charge is 2.20. The predicted octanol–water partition coefficient (Wildman–Crippen LogP) is -0.161. The summed E-state index contributed by atoms with van der Waals surface area (Å²) in [7, 11) is -3.41. The fraction of sp³-hybridized carbons (Fsp3) is 0.857. The molecule has 84 valence electrons. The average molecular weight is 239 g/mol. The molecule has 0 heterocycles. The van der Waals surface area contributed by atoms with Gasteiger partial charge in [-0.05, 0) is 6.42 Å². The number of rotatable bonds is 7. The largest absolute Gasteiger partial charge is 0.392 e. The van der Waals surface area contributed by atoms with E-state index in [1.54, 1.807) is 6.92 Å². The van der Waals surface area contributed by atoms with Gasteiger partial charge in [-0.15, -0.1) is 0 Å². The number of nitrogens with two attached hydrogens (primary N) is 1. The molecule has 0 spiro atoms. The second-order valence-electron chi connectivity index (χ2n) is 2.80. The van der Waals surface area contributed by atoms with Gasteiger partial charge in [0.15, 0.2) is 0 Å². The van der Waals surface area contributed by atoms with E-state index in [4.69, 9.17) is 5.73 Å². The maximum absolute atomic E-state index is 11.6. The number of nitrogens with one attached hydrogen (secondary N) is 1. The van der Waals surface area contributed by atoms with Gasteiger partial charge in [0.2, 0.25) is 0 Å². The van der Waals surface area contributed by atoms with Crippen LogP contribution < -0.4 is 10.5 Å². The summed E-state index contributed by atoms with van der Waals surface area (Å²) in [6, 6.07) is 0. The first-order valence-corrected chi connectivity index (χ1v) is 6.31. The van der Waals surface area contributed by atoms with Gasteiger partial charge in [-0.3, -0.25) is 0 Å². The molecule has 0 saturated heterocycles. The van der Waals surface area contributed by atoms with Crippen LogP contribution >= 0.6 is 12.2 Å². The van der Waals surface area contributed by atoms with Crippen LogP contribution in [0.15, 0.2) is 0 Å². The normalized spacial score (nSPS) is 11.9. The van der Waals surface area contributed by atoms with Crippen LogP contribution in [0.3, 0.4) is 0 Å². The van der Waals surface area contributed by atoms with Gasteiger partial charge < -0.3 is 5.73 Å². The van der Waals surface area contributed by atoms with Crippen molar-refractivity contribution in [1.29, 1.82) is 0 Å². The number of hydrogen-bond acceptors (Lipinski definition) is 3. The van der Waals surface area contributed by atoms with E-state index in [9.17, 15) is 8.42 Å². The van der Waals surface area contributed by atoms with Crippen molar-refractivity contribution >= 4 is 27.4 Å². The molecule has 0 radical (unpaired) electrons. The zero-order valence-electron chi connectivity index (χ0n) is 8.49. The van der Waals surface area contributed by atoms with Crippen LogP contribution in [0.25, 0.3) is 0 Å². The minimum atomic E-state index is -3.41. The highest BCUT2D eigenvalue weighted by molar-refractivity contribution is 7.87. The van der Waals surface area contributed by atoms with Crippen LogP contribution in [0, 0.1) is 0 Å². The predicted molar refractivity (Wildman–Crippen MR) is 61.2 cm³/mol. The molecule has 0 rings (SSSR count). The molecular formula is C7H17N3O2S2. The van der Waals surface area contributed by atoms with Gasteiger partial charge in [-0.25, -0.2) is 4.72 Å². The lowest BCUT2D eigenvalue weighted by molar-refractivity contribution is 0.440. The van der Waals surface area contributed by atoms with E-state index in [2.05, 4.69) is 16.9 Å². The fourth-order valence-corrected chi connectivity index (χ4v) is 2.50. The highest BCUT2D eigenvalue weighted by Crippen LogP contribution is 1.99. The van der Waals surface area contributed by atoms with E-state index in [0.29, 0.717) is 13.1 Å². The number of nitrogens with zero attached hydrogens (tertiary/aromatic N) is 1. The molecule has 5 nitrogen and oxygen atoms in total. The topological polar surface area (TPSA) is 75.4 Å². The Kier molecular flexibility index (Phi) is 6.17. The van der Waals surface area contributed by atoms with Crippen molar-refractivity contribution in [3.05, 3.63) is 0 Å². The Labute approximate surface area is 90.8 Å². The zero-order valence-corrected chi connectivity index (χ0v) is 10.1. The van der Waals surface area contributed by atoms with Crippen molar-refractivity contribution in [3.63, 3.8) is 0 Å². The van der Waals surface area contributed by atoms with Gasteiger partial charge in [0.05, 0.1) is 11.5 Å². The number of hydrogen-bond donors (Lipinski definition) is 2. The van der Waals surface area contributed by atoms with Crippen molar-refractivity contribution in [2.45, 2.75) is 20.3 Å². The Morgan fingerprint density at radius 1 is 1.50 bits per heavy atom. The van der Waals surface area contributed by atoms with Gasteiger partial charge in [0.1, 0.15) is 0 Å². The lowest BCUT2D eigenvalue weighted by atomic mass is 10.5. The first-order chi connectivity index (χ1) is 6.44. The van der Waals surface area contributed by atoms with E-state index in [0.717, 1.165) is 6.42 Å². The summed E-state index contributed by atoms with van der Waals surface area (Å²) in [5.41, 5.74) is 5.31. The van der Waals surface area contributed by atoms with Crippen molar-refractivity contribution in [1.82, 2.24) is 9.03 Å². The van der Waals surface area contributed by atoms with Crippen LogP contribution in [0.2, 0.25) is 0 Å². The summed E-state index contributed by atoms with van der Waals surface area (Å²) >= 11 is 4.68. The summed E-state index contributed by atoms with van der Waals surface area (Å²) in [6.07, 6.45) is 0.729. The SMILES string of the molecule is CCCN(CC(N)=S)S(=O)(=O)NCC. The third-order valence-corrected chi connectivity index (χ3v) is 3.25. The zero-order chi connectivity index (χ0) is 11.2. The molecule has 14 heavy (non-hydrogen) atoms. The van der Waals surface area contributed by atoms with E-state index in [1.807, 2.05) is 6.92 Å². The smallest absolute Gasteiger partial charge is 0.279 e. The Morgan fingerprint density at radius 3 is 2.43 bits per heavy atom. The molecule has 0 bridgehead atoms. The van der Waals surface area contributed by atoms with Crippen LogP contribution in [0.1, 0.15) is 20.3 Å². The maximum atomic E-state index is 11.6. The lowest BCUT2D eigenvalue weighted by Gasteiger charge is -2.20. The molecular weight excluding hydrogens is 222 g/mol. The Balaban J connectivity index is 4.54. The molecule has 3 N–H and O–H groups in total. The highest BCUT2D eigenvalue weighted by atomic mass is 32.2. The minimum absolute atomic E-state index is 0.0957. The van der Waals surface area contributed by atoms with Crippen LogP contribution in [-0.2, 0) is 10.2 Å². The quantitative estimate of drug-likeness (QED) is 0.605. The summed E-state index contributed by atoms with van der Waals surface area (Å²) in [5, 5.41) is 0. The Bertz CT molecular complexity index is 277. The minimum Gasteiger partial charge on any atom is -0.392 e. The second-order valence-corrected chi connectivity index (χ2v) is 5.08. The third kappa shape index (κ3) is 4.85. The van der Waals surface area contributed by atoms with Gasteiger partial charge in [-0.1, -0.05) is 26.1 Å². The summed E-state index contributed by atoms with van der Waals surface area (Å²) in [6.45, 7) is 4.50. The molecule has 0 fully saturated rings. The van der Waals surface area contributed by atoms with Gasteiger partial charge in [0, 0.05) is 13.1 Å². The van der Waals surface area contributed by atoms with E-state index < -0.39 is 10.2 Å². The molecule has 0 saturated carbocycles. The van der Waals surface area contributed by atoms with Gasteiger partial charge in [0.25, 0.3) is 10.2 Å². The van der Waals surface area contributed by atoms with Crippen LogP contribution in [-0.4, -0.2) is 37.3 Å². The molecule has 0 aliphatic rings. The molecule has 0 aromatic heterocycles.